The van der Waals surface area contributed by atoms with Gasteiger partial charge in [-0.1, -0.05) is 13.0 Å². The molecule has 0 aromatic carbocycles. The number of carbonyl (C=O) groups excluding carboxylic acids is 1. The third-order valence-corrected chi connectivity index (χ3v) is 2.04. The van der Waals surface area contributed by atoms with Crippen LogP contribution in [0.4, 0.5) is 0 Å². The second kappa shape index (κ2) is 4.14. The molecule has 1 aromatic heterocycles. The normalized spacial score (nSPS) is 12.5. The van der Waals surface area contributed by atoms with Crippen molar-refractivity contribution in [1.29, 1.82) is 0 Å². The van der Waals surface area contributed by atoms with Gasteiger partial charge in [0.25, 0.3) is 0 Å². The Morgan fingerprint density at radius 2 is 2.38 bits per heavy atom. The van der Waals surface area contributed by atoms with Gasteiger partial charge in [-0.2, -0.15) is 0 Å². The summed E-state index contributed by atoms with van der Waals surface area (Å²) in [6.45, 7) is 3.51. The predicted molar refractivity (Wildman–Crippen MR) is 51.2 cm³/mol. The van der Waals surface area contributed by atoms with Crippen LogP contribution < -0.4 is 5.73 Å². The molecule has 3 heteroatoms. The molecule has 0 bridgehead atoms. The Bertz CT molecular complexity index is 310. The minimum Gasteiger partial charge on any atom is -0.317 e. The Labute approximate surface area is 78.0 Å². The Morgan fingerprint density at radius 3 is 2.92 bits per heavy atom. The number of Topliss-reactive ketones (excluding diaryl/α,β-unsaturated/α-hetero) is 1. The van der Waals surface area contributed by atoms with Gasteiger partial charge in [0.05, 0.1) is 5.69 Å². The van der Waals surface area contributed by atoms with Crippen LogP contribution in [0.25, 0.3) is 0 Å². The van der Waals surface area contributed by atoms with Crippen molar-refractivity contribution < 1.29 is 4.79 Å². The average molecular weight is 178 g/mol. The van der Waals surface area contributed by atoms with Crippen LogP contribution in [-0.4, -0.2) is 10.8 Å². The van der Waals surface area contributed by atoms with Crippen molar-refractivity contribution in [2.45, 2.75) is 26.3 Å². The molecule has 0 aliphatic carbocycles. The van der Waals surface area contributed by atoms with E-state index >= 15 is 0 Å². The van der Waals surface area contributed by atoms with Gasteiger partial charge in [0.1, 0.15) is 6.04 Å². The fourth-order valence-electron chi connectivity index (χ4n) is 1.22. The van der Waals surface area contributed by atoms with Gasteiger partial charge in [0.2, 0.25) is 0 Å². The highest BCUT2D eigenvalue weighted by Gasteiger charge is 2.14. The summed E-state index contributed by atoms with van der Waals surface area (Å²) in [5.74, 6) is -0.0478. The number of aromatic nitrogens is 1. The molecule has 0 saturated heterocycles. The molecule has 1 atom stereocenters. The van der Waals surface area contributed by atoms with Crippen LogP contribution >= 0.6 is 0 Å². The van der Waals surface area contributed by atoms with E-state index in [-0.39, 0.29) is 5.78 Å². The molecule has 0 saturated carbocycles. The summed E-state index contributed by atoms with van der Waals surface area (Å²) in [7, 11) is 0. The van der Waals surface area contributed by atoms with E-state index in [2.05, 4.69) is 4.98 Å². The van der Waals surface area contributed by atoms with Gasteiger partial charge in [-0.25, -0.2) is 0 Å². The Balaban J connectivity index is 3.05. The summed E-state index contributed by atoms with van der Waals surface area (Å²) >= 11 is 0. The van der Waals surface area contributed by atoms with E-state index in [0.717, 1.165) is 12.0 Å². The van der Waals surface area contributed by atoms with Gasteiger partial charge in [-0.15, -0.1) is 0 Å². The number of aryl methyl sites for hydroxylation is 1. The molecule has 1 rings (SSSR count). The summed E-state index contributed by atoms with van der Waals surface area (Å²) < 4.78 is 0. The highest BCUT2D eigenvalue weighted by Crippen LogP contribution is 2.14. The zero-order valence-corrected chi connectivity index (χ0v) is 7.95. The quantitative estimate of drug-likeness (QED) is 0.757. The smallest absolute Gasteiger partial charge is 0.152 e. The zero-order chi connectivity index (χ0) is 9.84. The van der Waals surface area contributed by atoms with E-state index in [1.165, 1.54) is 6.92 Å². The maximum absolute atomic E-state index is 11.0. The lowest BCUT2D eigenvalue weighted by Crippen LogP contribution is -2.21. The SMILES string of the molecule is CCc1cccnc1C(N)C(C)=O. The first-order chi connectivity index (χ1) is 6.16. The third kappa shape index (κ3) is 2.12. The largest absolute Gasteiger partial charge is 0.317 e. The minimum atomic E-state index is -0.573. The molecule has 2 N–H and O–H groups in total. The van der Waals surface area contributed by atoms with Gasteiger partial charge in [0, 0.05) is 6.20 Å². The van der Waals surface area contributed by atoms with Gasteiger partial charge < -0.3 is 5.73 Å². The number of ketones is 1. The Kier molecular flexibility index (Phi) is 3.14. The van der Waals surface area contributed by atoms with E-state index < -0.39 is 6.04 Å². The number of pyridine rings is 1. The standard InChI is InChI=1S/C10H14N2O/c1-3-8-5-4-6-12-10(8)9(11)7(2)13/h4-6,9H,3,11H2,1-2H3. The molecule has 0 aliphatic rings. The lowest BCUT2D eigenvalue weighted by atomic mass is 10.0. The van der Waals surface area contributed by atoms with E-state index in [1.54, 1.807) is 6.20 Å². The molecule has 13 heavy (non-hydrogen) atoms. The molecule has 0 fully saturated rings. The van der Waals surface area contributed by atoms with Crippen molar-refractivity contribution in [3.63, 3.8) is 0 Å². The number of hydrogen-bond donors (Lipinski definition) is 1. The van der Waals surface area contributed by atoms with E-state index in [9.17, 15) is 4.79 Å². The molecule has 0 radical (unpaired) electrons. The third-order valence-electron chi connectivity index (χ3n) is 2.04. The first-order valence-electron chi connectivity index (χ1n) is 4.36. The number of rotatable bonds is 3. The number of carbonyl (C=O) groups is 1. The second-order valence-electron chi connectivity index (χ2n) is 2.99. The molecular weight excluding hydrogens is 164 g/mol. The molecular formula is C10H14N2O. The molecule has 1 heterocycles. The zero-order valence-electron chi connectivity index (χ0n) is 7.95. The van der Waals surface area contributed by atoms with Crippen LogP contribution in [0, 0.1) is 0 Å². The van der Waals surface area contributed by atoms with Crippen molar-refractivity contribution in [2.75, 3.05) is 0 Å². The summed E-state index contributed by atoms with van der Waals surface area (Å²) in [5, 5.41) is 0. The monoisotopic (exact) mass is 178 g/mol. The van der Waals surface area contributed by atoms with Crippen molar-refractivity contribution in [1.82, 2.24) is 4.98 Å². The Morgan fingerprint density at radius 1 is 1.69 bits per heavy atom. The first kappa shape index (κ1) is 9.86. The number of hydrogen-bond acceptors (Lipinski definition) is 3. The van der Waals surface area contributed by atoms with Crippen molar-refractivity contribution in [2.24, 2.45) is 5.73 Å². The van der Waals surface area contributed by atoms with Gasteiger partial charge in [-0.3, -0.25) is 9.78 Å². The van der Waals surface area contributed by atoms with Crippen LogP contribution in [-0.2, 0) is 11.2 Å². The van der Waals surface area contributed by atoms with E-state index in [0.29, 0.717) is 5.69 Å². The first-order valence-corrected chi connectivity index (χ1v) is 4.36. The summed E-state index contributed by atoms with van der Waals surface area (Å²) in [6.07, 6.45) is 2.52. The van der Waals surface area contributed by atoms with Crippen LogP contribution in [0.15, 0.2) is 18.3 Å². The summed E-state index contributed by atoms with van der Waals surface area (Å²) in [5.41, 5.74) is 7.45. The Hall–Kier alpha value is -1.22. The number of nitrogens with zero attached hydrogens (tertiary/aromatic N) is 1. The maximum atomic E-state index is 11.0. The highest BCUT2D eigenvalue weighted by molar-refractivity contribution is 5.82. The van der Waals surface area contributed by atoms with Crippen LogP contribution in [0.1, 0.15) is 31.1 Å². The van der Waals surface area contributed by atoms with Gasteiger partial charge in [0.15, 0.2) is 5.78 Å². The fourth-order valence-corrected chi connectivity index (χ4v) is 1.22. The summed E-state index contributed by atoms with van der Waals surface area (Å²) in [4.78, 5) is 15.2. The van der Waals surface area contributed by atoms with Crippen molar-refractivity contribution in [3.05, 3.63) is 29.6 Å². The molecule has 0 amide bonds. The maximum Gasteiger partial charge on any atom is 0.152 e. The lowest BCUT2D eigenvalue weighted by molar-refractivity contribution is -0.118. The molecule has 0 spiro atoms. The van der Waals surface area contributed by atoms with Crippen LogP contribution in [0.2, 0.25) is 0 Å². The average Bonchev–Trinajstić information content (AvgIpc) is 2.16. The topological polar surface area (TPSA) is 56.0 Å². The van der Waals surface area contributed by atoms with Gasteiger partial charge in [-0.05, 0) is 25.0 Å². The molecule has 0 aliphatic heterocycles. The minimum absolute atomic E-state index is 0.0478. The summed E-state index contributed by atoms with van der Waals surface area (Å²) in [6, 6.07) is 3.23. The second-order valence-corrected chi connectivity index (χ2v) is 2.99. The van der Waals surface area contributed by atoms with E-state index in [4.69, 9.17) is 5.73 Å². The molecule has 1 unspecified atom stereocenters. The van der Waals surface area contributed by atoms with Crippen LogP contribution in [0.3, 0.4) is 0 Å². The number of nitrogens with two attached hydrogens (primary N) is 1. The predicted octanol–water partition coefficient (Wildman–Crippen LogP) is 1.23. The van der Waals surface area contributed by atoms with Crippen molar-refractivity contribution >= 4 is 5.78 Å². The molecule has 70 valence electrons. The molecule has 3 nitrogen and oxygen atoms in total. The lowest BCUT2D eigenvalue weighted by Gasteiger charge is -2.10. The van der Waals surface area contributed by atoms with Gasteiger partial charge >= 0.3 is 0 Å². The van der Waals surface area contributed by atoms with Crippen LogP contribution in [0.5, 0.6) is 0 Å². The van der Waals surface area contributed by atoms with Crippen molar-refractivity contribution in [3.8, 4) is 0 Å². The van der Waals surface area contributed by atoms with E-state index in [1.807, 2.05) is 19.1 Å². The fraction of sp³-hybridized carbons (Fsp3) is 0.400. The molecule has 1 aromatic rings. The highest BCUT2D eigenvalue weighted by atomic mass is 16.1.